The van der Waals surface area contributed by atoms with E-state index >= 15 is 0 Å². The fraction of sp³-hybridized carbons (Fsp3) is 0.821. The first-order chi connectivity index (χ1) is 30.5. The molecule has 0 aliphatic rings. The third kappa shape index (κ3) is 44.4. The summed E-state index contributed by atoms with van der Waals surface area (Å²) < 4.78 is 5.90. The number of hydrogen-bond acceptors (Lipinski definition) is 5. The number of esters is 1. The number of carbonyl (C=O) groups excluding carboxylic acids is 2. The van der Waals surface area contributed by atoms with Crippen molar-refractivity contribution in [3.63, 3.8) is 0 Å². The number of aliphatic hydroxyl groups is 2. The Morgan fingerprint density at radius 1 is 0.468 bits per heavy atom. The average Bonchev–Trinajstić information content (AvgIpc) is 3.26. The van der Waals surface area contributed by atoms with E-state index in [1.165, 1.54) is 154 Å². The molecule has 0 aliphatic carbocycles. The van der Waals surface area contributed by atoms with Gasteiger partial charge in [0.25, 0.3) is 0 Å². The number of rotatable bonds is 48. The molecule has 0 heterocycles. The monoisotopic (exact) mass is 870 g/mol. The molecule has 0 saturated heterocycles. The summed E-state index contributed by atoms with van der Waals surface area (Å²) in [4.78, 5) is 26.1. The fourth-order valence-electron chi connectivity index (χ4n) is 8.04. The normalized spacial score (nSPS) is 13.6. The van der Waals surface area contributed by atoms with Gasteiger partial charge in [0, 0.05) is 6.42 Å². The van der Waals surface area contributed by atoms with Crippen LogP contribution in [0, 0.1) is 0 Å². The van der Waals surface area contributed by atoms with Gasteiger partial charge in [-0.05, 0) is 77.0 Å². The molecule has 62 heavy (non-hydrogen) atoms. The van der Waals surface area contributed by atoms with Crippen LogP contribution in [0.3, 0.4) is 0 Å². The summed E-state index contributed by atoms with van der Waals surface area (Å²) >= 11 is 0. The molecule has 0 aromatic carbocycles. The highest BCUT2D eigenvalue weighted by Crippen LogP contribution is 2.18. The number of hydrogen-bond donors (Lipinski definition) is 3. The van der Waals surface area contributed by atoms with Gasteiger partial charge < -0.3 is 20.3 Å². The number of amides is 1. The van der Waals surface area contributed by atoms with Crippen LogP contribution >= 0.6 is 0 Å². The summed E-state index contributed by atoms with van der Waals surface area (Å²) in [6, 6.07) is -0.714. The van der Waals surface area contributed by atoms with E-state index in [1.807, 2.05) is 6.08 Å². The second kappa shape index (κ2) is 49.8. The van der Waals surface area contributed by atoms with Gasteiger partial charge in [-0.2, -0.15) is 0 Å². The number of nitrogens with one attached hydrogen (secondary N) is 1. The van der Waals surface area contributed by atoms with Gasteiger partial charge in [0.1, 0.15) is 6.10 Å². The zero-order chi connectivity index (χ0) is 45.2. The van der Waals surface area contributed by atoms with Gasteiger partial charge in [0.2, 0.25) is 5.91 Å². The van der Waals surface area contributed by atoms with Gasteiger partial charge in [-0.15, -0.1) is 0 Å². The Labute approximate surface area is 385 Å². The number of allylic oxidation sites excluding steroid dienone is 8. The summed E-state index contributed by atoms with van der Waals surface area (Å²) in [6.07, 6.45) is 60.3. The SMILES string of the molecule is CCCCC/C=C\C/C=C\CCCCCCCCCC(CC(=O)NC(CO)C(O)CCCCCCCCCCCCCCC)OC(=O)CC/C=C/C/C=C\CCCCCCCC. The molecule has 0 bridgehead atoms. The molecule has 6 heteroatoms. The van der Waals surface area contributed by atoms with Gasteiger partial charge in [-0.1, -0.05) is 230 Å². The van der Waals surface area contributed by atoms with Crippen LogP contribution < -0.4 is 5.32 Å². The quantitative estimate of drug-likeness (QED) is 0.0322. The summed E-state index contributed by atoms with van der Waals surface area (Å²) in [5.74, 6) is -0.555. The fourth-order valence-corrected chi connectivity index (χ4v) is 8.04. The lowest BCUT2D eigenvalue weighted by Gasteiger charge is -2.24. The van der Waals surface area contributed by atoms with Crippen molar-refractivity contribution in [1.29, 1.82) is 0 Å². The Morgan fingerprint density at radius 2 is 0.823 bits per heavy atom. The number of unbranched alkanes of at least 4 members (excludes halogenated alkanes) is 28. The zero-order valence-electron chi connectivity index (χ0n) is 41.3. The highest BCUT2D eigenvalue weighted by atomic mass is 16.5. The topological polar surface area (TPSA) is 95.9 Å². The van der Waals surface area contributed by atoms with Crippen LogP contribution in [-0.2, 0) is 14.3 Å². The van der Waals surface area contributed by atoms with Crippen LogP contribution in [-0.4, -0.2) is 46.9 Å². The lowest BCUT2D eigenvalue weighted by Crippen LogP contribution is -2.46. The minimum absolute atomic E-state index is 0.0507. The molecular formula is C56H103NO5. The maximum Gasteiger partial charge on any atom is 0.306 e. The summed E-state index contributed by atoms with van der Waals surface area (Å²) in [5.41, 5.74) is 0. The minimum atomic E-state index is -0.798. The first kappa shape index (κ1) is 59.8. The predicted octanol–water partition coefficient (Wildman–Crippen LogP) is 16.2. The van der Waals surface area contributed by atoms with E-state index in [2.05, 4.69) is 68.6 Å². The maximum absolute atomic E-state index is 13.2. The molecule has 0 aliphatic heterocycles. The van der Waals surface area contributed by atoms with Gasteiger partial charge >= 0.3 is 5.97 Å². The zero-order valence-corrected chi connectivity index (χ0v) is 41.3. The van der Waals surface area contributed by atoms with Crippen molar-refractivity contribution in [3.05, 3.63) is 48.6 Å². The lowest BCUT2D eigenvalue weighted by molar-refractivity contribution is -0.150. The maximum atomic E-state index is 13.2. The van der Waals surface area contributed by atoms with Gasteiger partial charge in [0.15, 0.2) is 0 Å². The van der Waals surface area contributed by atoms with E-state index in [0.29, 0.717) is 19.3 Å². The Hall–Kier alpha value is -2.18. The Morgan fingerprint density at radius 3 is 1.26 bits per heavy atom. The molecule has 6 nitrogen and oxygen atoms in total. The van der Waals surface area contributed by atoms with E-state index in [-0.39, 0.29) is 31.3 Å². The highest BCUT2D eigenvalue weighted by molar-refractivity contribution is 5.77. The Balaban J connectivity index is 4.65. The van der Waals surface area contributed by atoms with Crippen LogP contribution in [0.5, 0.6) is 0 Å². The molecular weight excluding hydrogens is 767 g/mol. The van der Waals surface area contributed by atoms with E-state index < -0.39 is 18.2 Å². The van der Waals surface area contributed by atoms with Crippen LogP contribution in [0.4, 0.5) is 0 Å². The minimum Gasteiger partial charge on any atom is -0.462 e. The first-order valence-corrected chi connectivity index (χ1v) is 26.9. The van der Waals surface area contributed by atoms with Crippen LogP contribution in [0.1, 0.15) is 271 Å². The summed E-state index contributed by atoms with van der Waals surface area (Å²) in [5, 5.41) is 23.8. The van der Waals surface area contributed by atoms with E-state index in [4.69, 9.17) is 4.74 Å². The second-order valence-corrected chi connectivity index (χ2v) is 18.3. The molecule has 3 N–H and O–H groups in total. The second-order valence-electron chi connectivity index (χ2n) is 18.3. The number of carbonyl (C=O) groups is 2. The van der Waals surface area contributed by atoms with E-state index in [9.17, 15) is 19.8 Å². The molecule has 3 unspecified atom stereocenters. The molecule has 0 spiro atoms. The van der Waals surface area contributed by atoms with Crippen molar-refractivity contribution >= 4 is 11.9 Å². The van der Waals surface area contributed by atoms with Gasteiger partial charge in [0.05, 0.1) is 25.2 Å². The average molecular weight is 870 g/mol. The van der Waals surface area contributed by atoms with Crippen LogP contribution in [0.15, 0.2) is 48.6 Å². The molecule has 362 valence electrons. The van der Waals surface area contributed by atoms with Crippen LogP contribution in [0.25, 0.3) is 0 Å². The largest absolute Gasteiger partial charge is 0.462 e. The molecule has 0 radical (unpaired) electrons. The third-order valence-electron chi connectivity index (χ3n) is 12.1. The van der Waals surface area contributed by atoms with Crippen molar-refractivity contribution in [1.82, 2.24) is 5.32 Å². The summed E-state index contributed by atoms with van der Waals surface area (Å²) in [7, 11) is 0. The molecule has 0 aromatic rings. The Bertz CT molecular complexity index is 1070. The van der Waals surface area contributed by atoms with Crippen molar-refractivity contribution in [2.24, 2.45) is 0 Å². The first-order valence-electron chi connectivity index (χ1n) is 26.9. The lowest BCUT2D eigenvalue weighted by atomic mass is 10.0. The van der Waals surface area contributed by atoms with Gasteiger partial charge in [-0.3, -0.25) is 9.59 Å². The van der Waals surface area contributed by atoms with Crippen LogP contribution in [0.2, 0.25) is 0 Å². The van der Waals surface area contributed by atoms with Crippen molar-refractivity contribution < 1.29 is 24.5 Å². The number of aliphatic hydroxyl groups excluding tert-OH is 2. The van der Waals surface area contributed by atoms with Crippen molar-refractivity contribution in [2.45, 2.75) is 289 Å². The Kier molecular flexibility index (Phi) is 48.1. The molecule has 0 rings (SSSR count). The highest BCUT2D eigenvalue weighted by Gasteiger charge is 2.24. The third-order valence-corrected chi connectivity index (χ3v) is 12.1. The summed E-state index contributed by atoms with van der Waals surface area (Å²) in [6.45, 7) is 6.45. The molecule has 1 amide bonds. The molecule has 0 saturated carbocycles. The van der Waals surface area contributed by atoms with E-state index in [1.54, 1.807) is 0 Å². The number of ether oxygens (including phenoxy) is 1. The molecule has 3 atom stereocenters. The van der Waals surface area contributed by atoms with Crippen molar-refractivity contribution in [2.75, 3.05) is 6.61 Å². The van der Waals surface area contributed by atoms with Crippen molar-refractivity contribution in [3.8, 4) is 0 Å². The predicted molar refractivity (Wildman–Crippen MR) is 269 cm³/mol. The molecule has 0 fully saturated rings. The standard InChI is InChI=1S/C56H103NO5/c1-4-7-10-13-16-19-22-25-26-27-28-31-32-35-38-41-44-47-52(62-56(61)49-46-43-40-37-34-30-24-21-18-15-12-9-6-3)50-55(60)57-53(51-58)54(59)48-45-42-39-36-33-29-23-20-17-14-11-8-5-2/h16,19,25-26,30,34,40,43,52-54,58-59H,4-15,17-18,20-24,27-29,31-33,35-39,41-42,44-51H2,1-3H3,(H,57,60)/b19-16-,26-25-,34-30-,43-40+. The van der Waals surface area contributed by atoms with Gasteiger partial charge in [-0.25, -0.2) is 0 Å². The smallest absolute Gasteiger partial charge is 0.306 e. The molecule has 0 aromatic heterocycles. The van der Waals surface area contributed by atoms with E-state index in [0.717, 1.165) is 64.2 Å².